The van der Waals surface area contributed by atoms with Crippen molar-refractivity contribution < 1.29 is 24.3 Å². The normalized spacial score (nSPS) is 11.2. The third-order valence-corrected chi connectivity index (χ3v) is 4.70. The Bertz CT molecular complexity index is 856. The van der Waals surface area contributed by atoms with Gasteiger partial charge in [0.15, 0.2) is 5.78 Å². The van der Waals surface area contributed by atoms with Gasteiger partial charge in [-0.2, -0.15) is 0 Å². The van der Waals surface area contributed by atoms with Gasteiger partial charge >= 0.3 is 5.97 Å². The summed E-state index contributed by atoms with van der Waals surface area (Å²) in [6.07, 6.45) is 0. The van der Waals surface area contributed by atoms with Gasteiger partial charge in [-0.05, 0) is 66.9 Å². The summed E-state index contributed by atoms with van der Waals surface area (Å²) in [7, 11) is 0. The standard InChI is InChI=1S/C21H24BrNO5/c1-13(24)16-9-10-17(18(22)19(16)25)27-12-15-7-5-14(6-8-15)11-23-28-20(26)21(2,3)4/h5-10,23,25H,11-12H2,1-4H3. The number of ketones is 1. The molecule has 28 heavy (non-hydrogen) atoms. The number of phenolic OH excluding ortho intramolecular Hbond substituents is 1. The maximum atomic E-state index is 11.7. The number of carbonyl (C=O) groups is 2. The highest BCUT2D eigenvalue weighted by atomic mass is 79.9. The van der Waals surface area contributed by atoms with Crippen LogP contribution in [0.1, 0.15) is 49.2 Å². The maximum absolute atomic E-state index is 11.7. The third kappa shape index (κ3) is 5.81. The first kappa shape index (κ1) is 21.9. The largest absolute Gasteiger partial charge is 0.506 e. The number of hydrogen-bond donors (Lipinski definition) is 2. The van der Waals surface area contributed by atoms with E-state index in [4.69, 9.17) is 9.57 Å². The van der Waals surface area contributed by atoms with Crippen molar-refractivity contribution in [2.45, 2.75) is 40.8 Å². The zero-order valence-corrected chi connectivity index (χ0v) is 17.9. The SMILES string of the molecule is CC(=O)c1ccc(OCc2ccc(CNOC(=O)C(C)(C)C)cc2)c(Br)c1O. The summed E-state index contributed by atoms with van der Waals surface area (Å²) in [4.78, 5) is 28.2. The quantitative estimate of drug-likeness (QED) is 0.476. The smallest absolute Gasteiger partial charge is 0.329 e. The predicted octanol–water partition coefficient (Wildman–Crippen LogP) is 4.53. The number of rotatable bonds is 7. The number of carbonyl (C=O) groups excluding carboxylic acids is 2. The molecule has 0 heterocycles. The van der Waals surface area contributed by atoms with Crippen molar-refractivity contribution in [1.82, 2.24) is 5.48 Å². The van der Waals surface area contributed by atoms with Crippen molar-refractivity contribution in [1.29, 1.82) is 0 Å². The van der Waals surface area contributed by atoms with Gasteiger partial charge in [-0.3, -0.25) is 4.79 Å². The summed E-state index contributed by atoms with van der Waals surface area (Å²) in [6.45, 7) is 7.45. The molecule has 0 fully saturated rings. The Morgan fingerprint density at radius 1 is 1.07 bits per heavy atom. The van der Waals surface area contributed by atoms with Crippen molar-refractivity contribution in [2.75, 3.05) is 0 Å². The second kappa shape index (κ2) is 9.21. The zero-order valence-electron chi connectivity index (χ0n) is 16.3. The summed E-state index contributed by atoms with van der Waals surface area (Å²) in [6, 6.07) is 10.8. The fourth-order valence-electron chi connectivity index (χ4n) is 2.19. The van der Waals surface area contributed by atoms with Gasteiger partial charge in [-0.15, -0.1) is 5.48 Å². The highest BCUT2D eigenvalue weighted by molar-refractivity contribution is 9.10. The van der Waals surface area contributed by atoms with E-state index in [1.165, 1.54) is 13.0 Å². The minimum Gasteiger partial charge on any atom is -0.506 e. The first-order valence-corrected chi connectivity index (χ1v) is 9.56. The summed E-state index contributed by atoms with van der Waals surface area (Å²) in [5, 5.41) is 10.1. The van der Waals surface area contributed by atoms with Crippen molar-refractivity contribution >= 4 is 27.7 Å². The number of ether oxygens (including phenoxy) is 1. The van der Waals surface area contributed by atoms with E-state index in [1.54, 1.807) is 26.8 Å². The lowest BCUT2D eigenvalue weighted by atomic mass is 9.98. The second-order valence-electron chi connectivity index (χ2n) is 7.40. The van der Waals surface area contributed by atoms with Crippen LogP contribution < -0.4 is 10.2 Å². The van der Waals surface area contributed by atoms with Crippen molar-refractivity contribution in [3.63, 3.8) is 0 Å². The molecule has 150 valence electrons. The third-order valence-electron chi connectivity index (χ3n) is 3.93. The Balaban J connectivity index is 1.90. The van der Waals surface area contributed by atoms with Crippen LogP contribution in [0.2, 0.25) is 0 Å². The lowest BCUT2D eigenvalue weighted by molar-refractivity contribution is -0.161. The fraction of sp³-hybridized carbons (Fsp3) is 0.333. The number of halogens is 1. The Morgan fingerprint density at radius 3 is 2.25 bits per heavy atom. The van der Waals surface area contributed by atoms with E-state index < -0.39 is 5.41 Å². The molecule has 2 N–H and O–H groups in total. The number of hydroxylamine groups is 1. The number of hydrogen-bond acceptors (Lipinski definition) is 6. The molecule has 0 bridgehead atoms. The average Bonchev–Trinajstić information content (AvgIpc) is 2.63. The van der Waals surface area contributed by atoms with E-state index in [1.807, 2.05) is 24.3 Å². The molecule has 0 spiro atoms. The molecule has 2 aromatic carbocycles. The molecule has 0 aliphatic rings. The molecular formula is C21H24BrNO5. The van der Waals surface area contributed by atoms with Crippen LogP contribution in [0, 0.1) is 5.41 Å². The highest BCUT2D eigenvalue weighted by Crippen LogP contribution is 2.37. The minimum atomic E-state index is -0.556. The van der Waals surface area contributed by atoms with Crippen LogP contribution in [0.15, 0.2) is 40.9 Å². The van der Waals surface area contributed by atoms with Crippen LogP contribution >= 0.6 is 15.9 Å². The van der Waals surface area contributed by atoms with Crippen LogP contribution in [0.5, 0.6) is 11.5 Å². The first-order valence-electron chi connectivity index (χ1n) is 8.76. The van der Waals surface area contributed by atoms with E-state index in [0.717, 1.165) is 11.1 Å². The minimum absolute atomic E-state index is 0.128. The molecule has 0 amide bonds. The molecule has 0 aliphatic carbocycles. The van der Waals surface area contributed by atoms with Gasteiger partial charge in [-0.25, -0.2) is 4.79 Å². The highest BCUT2D eigenvalue weighted by Gasteiger charge is 2.23. The summed E-state index contributed by atoms with van der Waals surface area (Å²) in [5.41, 5.74) is 4.24. The molecule has 6 nitrogen and oxygen atoms in total. The fourth-order valence-corrected chi connectivity index (χ4v) is 2.65. The number of nitrogens with one attached hydrogen (secondary N) is 1. The van der Waals surface area contributed by atoms with Gasteiger partial charge in [0.05, 0.1) is 17.5 Å². The molecule has 2 rings (SSSR count). The molecule has 0 aromatic heterocycles. The molecule has 7 heteroatoms. The maximum Gasteiger partial charge on any atom is 0.329 e. The predicted molar refractivity (Wildman–Crippen MR) is 109 cm³/mol. The van der Waals surface area contributed by atoms with Gasteiger partial charge in [0.1, 0.15) is 22.6 Å². The Kier molecular flexibility index (Phi) is 7.21. The van der Waals surface area contributed by atoms with Crippen LogP contribution in [0.4, 0.5) is 0 Å². The molecule has 2 aromatic rings. The Labute approximate surface area is 172 Å². The number of phenols is 1. The van der Waals surface area contributed by atoms with E-state index in [9.17, 15) is 14.7 Å². The Morgan fingerprint density at radius 2 is 1.68 bits per heavy atom. The Hall–Kier alpha value is -2.38. The average molecular weight is 450 g/mol. The van der Waals surface area contributed by atoms with Crippen LogP contribution in [-0.4, -0.2) is 16.9 Å². The van der Waals surface area contributed by atoms with E-state index >= 15 is 0 Å². The van der Waals surface area contributed by atoms with Crippen LogP contribution in [0.3, 0.4) is 0 Å². The molecule has 0 saturated heterocycles. The molecule has 0 saturated carbocycles. The monoisotopic (exact) mass is 449 g/mol. The van der Waals surface area contributed by atoms with Crippen molar-refractivity contribution in [3.8, 4) is 11.5 Å². The van der Waals surface area contributed by atoms with Crippen LogP contribution in [0.25, 0.3) is 0 Å². The zero-order chi connectivity index (χ0) is 20.9. The van der Waals surface area contributed by atoms with Crippen molar-refractivity contribution in [2.24, 2.45) is 5.41 Å². The number of Topliss-reactive ketones (excluding diaryl/α,β-unsaturated/α-hetero) is 1. The van der Waals surface area contributed by atoms with E-state index in [0.29, 0.717) is 23.4 Å². The van der Waals surface area contributed by atoms with Gasteiger partial charge < -0.3 is 14.7 Å². The summed E-state index contributed by atoms with van der Waals surface area (Å²) in [5.74, 6) is -0.220. The van der Waals surface area contributed by atoms with Crippen LogP contribution in [-0.2, 0) is 22.8 Å². The van der Waals surface area contributed by atoms with E-state index in [2.05, 4.69) is 21.4 Å². The molecule has 0 atom stereocenters. The molecule has 0 radical (unpaired) electrons. The lowest BCUT2D eigenvalue weighted by Gasteiger charge is -2.16. The lowest BCUT2D eigenvalue weighted by Crippen LogP contribution is -2.29. The number of aromatic hydroxyl groups is 1. The van der Waals surface area contributed by atoms with E-state index in [-0.39, 0.29) is 23.1 Å². The summed E-state index contributed by atoms with van der Waals surface area (Å²) >= 11 is 3.26. The first-order chi connectivity index (χ1) is 13.1. The molecular weight excluding hydrogens is 426 g/mol. The van der Waals surface area contributed by atoms with Gasteiger partial charge in [0.25, 0.3) is 0 Å². The van der Waals surface area contributed by atoms with Crippen molar-refractivity contribution in [3.05, 3.63) is 57.6 Å². The summed E-state index contributed by atoms with van der Waals surface area (Å²) < 4.78 is 6.07. The topological polar surface area (TPSA) is 84.9 Å². The van der Waals surface area contributed by atoms with Gasteiger partial charge in [0.2, 0.25) is 0 Å². The van der Waals surface area contributed by atoms with Gasteiger partial charge in [0, 0.05) is 0 Å². The second-order valence-corrected chi connectivity index (χ2v) is 8.19. The number of benzene rings is 2. The molecule has 0 unspecified atom stereocenters. The molecule has 0 aliphatic heterocycles. The van der Waals surface area contributed by atoms with Gasteiger partial charge in [-0.1, -0.05) is 24.3 Å².